The fraction of sp³-hybridized carbons (Fsp3) is 0.105. The Morgan fingerprint density at radius 1 is 1.00 bits per heavy atom. The minimum atomic E-state index is -0.418. The minimum Gasteiger partial charge on any atom is -0.310 e. The van der Waals surface area contributed by atoms with Crippen LogP contribution in [-0.4, -0.2) is 15.9 Å². The van der Waals surface area contributed by atoms with Gasteiger partial charge < -0.3 is 10.3 Å². The topological polar surface area (TPSA) is 74.8 Å². The van der Waals surface area contributed by atoms with Crippen LogP contribution in [0.5, 0.6) is 0 Å². The smallest absolute Gasteiger partial charge is 0.257 e. The number of nitrogens with one attached hydrogen (secondary N) is 2. The van der Waals surface area contributed by atoms with E-state index in [0.717, 1.165) is 11.1 Å². The molecule has 0 spiro atoms. The molecular formula is C19H14ClN3O2. The molecule has 0 aliphatic carbocycles. The van der Waals surface area contributed by atoms with E-state index in [1.807, 2.05) is 48.5 Å². The Hall–Kier alpha value is -2.92. The number of carbonyl (C=O) groups excluding carboxylic acids is 1. The molecule has 2 N–H and O–H groups in total. The van der Waals surface area contributed by atoms with Gasteiger partial charge in [0.15, 0.2) is 0 Å². The zero-order valence-electron chi connectivity index (χ0n) is 13.1. The van der Waals surface area contributed by atoms with Gasteiger partial charge in [-0.15, -0.1) is 0 Å². The lowest BCUT2D eigenvalue weighted by Gasteiger charge is -2.25. The van der Waals surface area contributed by atoms with Gasteiger partial charge >= 0.3 is 0 Å². The molecule has 1 aliphatic heterocycles. The summed E-state index contributed by atoms with van der Waals surface area (Å²) < 4.78 is 0. The lowest BCUT2D eigenvalue weighted by atomic mass is 9.87. The normalized spacial score (nSPS) is 16.2. The summed E-state index contributed by atoms with van der Waals surface area (Å²) in [6.45, 7) is 0. The van der Waals surface area contributed by atoms with Crippen LogP contribution in [0.15, 0.2) is 59.4 Å². The van der Waals surface area contributed by atoms with E-state index in [0.29, 0.717) is 22.2 Å². The summed E-state index contributed by atoms with van der Waals surface area (Å²) in [6.07, 6.45) is 0.159. The molecule has 6 heteroatoms. The molecule has 124 valence electrons. The van der Waals surface area contributed by atoms with Crippen molar-refractivity contribution in [3.63, 3.8) is 0 Å². The van der Waals surface area contributed by atoms with Crippen LogP contribution in [-0.2, 0) is 4.79 Å². The Morgan fingerprint density at radius 3 is 2.48 bits per heavy atom. The fourth-order valence-corrected chi connectivity index (χ4v) is 3.39. The van der Waals surface area contributed by atoms with Gasteiger partial charge in [-0.25, -0.2) is 4.98 Å². The molecule has 1 aromatic heterocycles. The Bertz CT molecular complexity index is 1010. The van der Waals surface area contributed by atoms with Crippen LogP contribution in [0.4, 0.5) is 5.82 Å². The minimum absolute atomic E-state index is 0.159. The predicted molar refractivity (Wildman–Crippen MR) is 96.8 cm³/mol. The van der Waals surface area contributed by atoms with Gasteiger partial charge in [0.25, 0.3) is 5.56 Å². The highest BCUT2D eigenvalue weighted by Gasteiger charge is 2.32. The molecule has 0 saturated heterocycles. The van der Waals surface area contributed by atoms with Gasteiger partial charge in [0.05, 0.1) is 5.56 Å². The monoisotopic (exact) mass is 351 g/mol. The van der Waals surface area contributed by atoms with Crippen molar-refractivity contribution < 1.29 is 4.79 Å². The summed E-state index contributed by atoms with van der Waals surface area (Å²) in [4.78, 5) is 32.2. The number of fused-ring (bicyclic) bond motifs is 1. The number of halogens is 1. The number of anilines is 1. The Morgan fingerprint density at radius 2 is 1.72 bits per heavy atom. The summed E-state index contributed by atoms with van der Waals surface area (Å²) in [5.41, 5.74) is 1.69. The molecule has 0 radical (unpaired) electrons. The molecule has 25 heavy (non-hydrogen) atoms. The number of nitrogens with zero attached hydrogens (tertiary/aromatic N) is 1. The number of aromatic amines is 1. The summed E-state index contributed by atoms with van der Waals surface area (Å²) >= 11 is 6.29. The van der Waals surface area contributed by atoms with Crippen molar-refractivity contribution in [1.29, 1.82) is 0 Å². The number of H-pyrrole nitrogens is 1. The molecule has 3 aromatic rings. The highest BCUT2D eigenvalue weighted by atomic mass is 35.5. The third-order valence-corrected chi connectivity index (χ3v) is 4.62. The molecule has 1 atom stereocenters. The standard InChI is InChI=1S/C19H14ClN3O2/c20-14-9-5-4-8-12(14)13-10-15(24)21-18-16(13)19(25)23-17(22-18)11-6-2-1-3-7-11/h1-9,13H,10H2,(H2,21,22,23,24,25)/t13-/m0/s1. The van der Waals surface area contributed by atoms with Crippen molar-refractivity contribution in [1.82, 2.24) is 9.97 Å². The van der Waals surface area contributed by atoms with E-state index in [1.165, 1.54) is 0 Å². The van der Waals surface area contributed by atoms with Crippen LogP contribution in [0, 0.1) is 0 Å². The second-order valence-corrected chi connectivity index (χ2v) is 6.28. The molecule has 4 rings (SSSR count). The first-order valence-corrected chi connectivity index (χ1v) is 8.25. The van der Waals surface area contributed by atoms with Crippen LogP contribution in [0.1, 0.15) is 23.5 Å². The number of benzene rings is 2. The Labute approximate surface area is 148 Å². The first-order valence-electron chi connectivity index (χ1n) is 7.87. The van der Waals surface area contributed by atoms with Crippen LogP contribution < -0.4 is 10.9 Å². The lowest BCUT2D eigenvalue weighted by Crippen LogP contribution is -2.31. The van der Waals surface area contributed by atoms with Gasteiger partial charge in [-0.1, -0.05) is 60.1 Å². The summed E-state index contributed by atoms with van der Waals surface area (Å²) in [5.74, 6) is 0.112. The van der Waals surface area contributed by atoms with E-state index in [1.54, 1.807) is 6.07 Å². The van der Waals surface area contributed by atoms with Gasteiger partial charge in [-0.3, -0.25) is 9.59 Å². The second kappa shape index (κ2) is 6.18. The van der Waals surface area contributed by atoms with Crippen molar-refractivity contribution in [2.75, 3.05) is 5.32 Å². The lowest BCUT2D eigenvalue weighted by molar-refractivity contribution is -0.116. The van der Waals surface area contributed by atoms with Gasteiger partial charge in [-0.05, 0) is 11.6 Å². The average molecular weight is 352 g/mol. The van der Waals surface area contributed by atoms with Crippen molar-refractivity contribution >= 4 is 23.3 Å². The van der Waals surface area contributed by atoms with E-state index >= 15 is 0 Å². The molecule has 0 fully saturated rings. The zero-order valence-corrected chi connectivity index (χ0v) is 13.9. The number of hydrogen-bond acceptors (Lipinski definition) is 3. The predicted octanol–water partition coefficient (Wildman–Crippen LogP) is 3.56. The number of hydrogen-bond donors (Lipinski definition) is 2. The molecule has 1 amide bonds. The Balaban J connectivity index is 1.89. The molecule has 2 heterocycles. The van der Waals surface area contributed by atoms with Crippen LogP contribution in [0.25, 0.3) is 11.4 Å². The highest BCUT2D eigenvalue weighted by Crippen LogP contribution is 2.37. The van der Waals surface area contributed by atoms with Crippen molar-refractivity contribution in [2.24, 2.45) is 0 Å². The third kappa shape index (κ3) is 2.83. The maximum atomic E-state index is 12.8. The number of amides is 1. The van der Waals surface area contributed by atoms with Crippen molar-refractivity contribution in [3.05, 3.63) is 81.1 Å². The summed E-state index contributed by atoms with van der Waals surface area (Å²) in [5, 5.41) is 3.24. The SMILES string of the molecule is O=C1C[C@@H](c2ccccc2Cl)c2c(nc(-c3ccccc3)[nH]c2=O)N1. The van der Waals surface area contributed by atoms with E-state index in [9.17, 15) is 9.59 Å². The quantitative estimate of drug-likeness (QED) is 0.741. The molecule has 5 nitrogen and oxygen atoms in total. The van der Waals surface area contributed by atoms with E-state index in [2.05, 4.69) is 15.3 Å². The third-order valence-electron chi connectivity index (χ3n) is 4.28. The number of carbonyl (C=O) groups is 1. The fourth-order valence-electron chi connectivity index (χ4n) is 3.13. The average Bonchev–Trinajstić information content (AvgIpc) is 2.62. The van der Waals surface area contributed by atoms with E-state index in [-0.39, 0.29) is 17.9 Å². The maximum absolute atomic E-state index is 12.8. The molecule has 0 saturated carbocycles. The van der Waals surface area contributed by atoms with Crippen molar-refractivity contribution in [3.8, 4) is 11.4 Å². The Kier molecular flexibility index (Phi) is 3.86. The van der Waals surface area contributed by atoms with Gasteiger partial charge in [-0.2, -0.15) is 0 Å². The molecular weight excluding hydrogens is 338 g/mol. The molecule has 0 unspecified atom stereocenters. The zero-order chi connectivity index (χ0) is 17.4. The van der Waals surface area contributed by atoms with Crippen molar-refractivity contribution in [2.45, 2.75) is 12.3 Å². The van der Waals surface area contributed by atoms with Gasteiger partial charge in [0.1, 0.15) is 11.6 Å². The second-order valence-electron chi connectivity index (χ2n) is 5.87. The highest BCUT2D eigenvalue weighted by molar-refractivity contribution is 6.31. The summed E-state index contributed by atoms with van der Waals surface area (Å²) in [7, 11) is 0. The molecule has 1 aliphatic rings. The van der Waals surface area contributed by atoms with Crippen LogP contribution in [0.3, 0.4) is 0 Å². The molecule has 0 bridgehead atoms. The van der Waals surface area contributed by atoms with E-state index in [4.69, 9.17) is 11.6 Å². The van der Waals surface area contributed by atoms with Gasteiger partial charge in [0.2, 0.25) is 5.91 Å². The number of rotatable bonds is 2. The number of aromatic nitrogens is 2. The van der Waals surface area contributed by atoms with E-state index < -0.39 is 5.92 Å². The van der Waals surface area contributed by atoms with Crippen LogP contribution in [0.2, 0.25) is 5.02 Å². The largest absolute Gasteiger partial charge is 0.310 e. The first-order chi connectivity index (χ1) is 12.1. The molecule has 2 aromatic carbocycles. The van der Waals surface area contributed by atoms with Crippen LogP contribution >= 0.6 is 11.6 Å². The summed E-state index contributed by atoms with van der Waals surface area (Å²) in [6, 6.07) is 16.5. The van der Waals surface area contributed by atoms with Gasteiger partial charge in [0, 0.05) is 22.9 Å². The maximum Gasteiger partial charge on any atom is 0.257 e. The first kappa shape index (κ1) is 15.6.